The Labute approximate surface area is 83.6 Å². The maximum atomic E-state index is 11.4. The Morgan fingerprint density at radius 1 is 1.79 bits per heavy atom. The largest absolute Gasteiger partial charge is 0.344 e. The zero-order valence-electron chi connectivity index (χ0n) is 8.62. The SMILES string of the molecule is CC[C@H](N)C(=O)NC1CCN(C)C1=O. The lowest BCUT2D eigenvalue weighted by atomic mass is 10.2. The minimum atomic E-state index is -0.506. The van der Waals surface area contributed by atoms with E-state index in [1.54, 1.807) is 11.9 Å². The number of carbonyl (C=O) groups is 2. The molecular weight excluding hydrogens is 182 g/mol. The molecule has 1 heterocycles. The number of hydrogen-bond donors (Lipinski definition) is 2. The number of rotatable bonds is 3. The maximum absolute atomic E-state index is 11.4. The lowest BCUT2D eigenvalue weighted by Gasteiger charge is -2.14. The second kappa shape index (κ2) is 4.41. The molecule has 0 radical (unpaired) electrons. The van der Waals surface area contributed by atoms with Crippen molar-refractivity contribution in [3.05, 3.63) is 0 Å². The van der Waals surface area contributed by atoms with E-state index in [4.69, 9.17) is 5.73 Å². The molecule has 14 heavy (non-hydrogen) atoms. The van der Waals surface area contributed by atoms with Gasteiger partial charge < -0.3 is 16.0 Å². The molecule has 1 aliphatic rings. The Morgan fingerprint density at radius 2 is 2.43 bits per heavy atom. The van der Waals surface area contributed by atoms with Gasteiger partial charge in [-0.1, -0.05) is 6.92 Å². The first-order valence-electron chi connectivity index (χ1n) is 4.87. The van der Waals surface area contributed by atoms with E-state index in [0.717, 1.165) is 0 Å². The van der Waals surface area contributed by atoms with Gasteiger partial charge in [-0.05, 0) is 12.8 Å². The number of amides is 2. The van der Waals surface area contributed by atoms with Crippen LogP contribution in [0.1, 0.15) is 19.8 Å². The smallest absolute Gasteiger partial charge is 0.244 e. The number of likely N-dealkylation sites (tertiary alicyclic amines) is 1. The summed E-state index contributed by atoms with van der Waals surface area (Å²) in [5, 5.41) is 2.65. The molecule has 0 saturated carbocycles. The molecule has 0 bridgehead atoms. The molecule has 0 aliphatic carbocycles. The summed E-state index contributed by atoms with van der Waals surface area (Å²) < 4.78 is 0. The van der Waals surface area contributed by atoms with Gasteiger partial charge in [0.25, 0.3) is 0 Å². The van der Waals surface area contributed by atoms with Crippen molar-refractivity contribution in [3.63, 3.8) is 0 Å². The fourth-order valence-electron chi connectivity index (χ4n) is 1.42. The molecule has 3 N–H and O–H groups in total. The quantitative estimate of drug-likeness (QED) is 0.616. The van der Waals surface area contributed by atoms with Crippen LogP contribution in [-0.4, -0.2) is 42.4 Å². The Hall–Kier alpha value is -1.10. The van der Waals surface area contributed by atoms with Crippen molar-refractivity contribution in [1.82, 2.24) is 10.2 Å². The third kappa shape index (κ3) is 2.23. The van der Waals surface area contributed by atoms with E-state index in [1.807, 2.05) is 6.92 Å². The molecule has 2 atom stereocenters. The second-order valence-electron chi connectivity index (χ2n) is 3.62. The van der Waals surface area contributed by atoms with Gasteiger partial charge in [0.15, 0.2) is 0 Å². The van der Waals surface area contributed by atoms with Crippen molar-refractivity contribution in [1.29, 1.82) is 0 Å². The normalized spacial score (nSPS) is 23.8. The van der Waals surface area contributed by atoms with E-state index in [1.165, 1.54) is 0 Å². The summed E-state index contributed by atoms with van der Waals surface area (Å²) >= 11 is 0. The molecule has 1 saturated heterocycles. The number of nitrogens with one attached hydrogen (secondary N) is 1. The fraction of sp³-hybridized carbons (Fsp3) is 0.778. The van der Waals surface area contributed by atoms with Gasteiger partial charge in [-0.3, -0.25) is 9.59 Å². The highest BCUT2D eigenvalue weighted by Gasteiger charge is 2.30. The topological polar surface area (TPSA) is 75.4 Å². The average molecular weight is 199 g/mol. The molecule has 0 aromatic carbocycles. The molecule has 1 rings (SSSR count). The van der Waals surface area contributed by atoms with Crippen LogP contribution >= 0.6 is 0 Å². The predicted octanol–water partition coefficient (Wildman–Crippen LogP) is -0.929. The van der Waals surface area contributed by atoms with Crippen LogP contribution in [0.4, 0.5) is 0 Å². The molecule has 1 aliphatic heterocycles. The molecule has 1 unspecified atom stereocenters. The standard InChI is InChI=1S/C9H17N3O2/c1-3-6(10)8(13)11-7-4-5-12(2)9(7)14/h6-7H,3-5,10H2,1-2H3,(H,11,13)/t6-,7?/m0/s1. The number of hydrogen-bond acceptors (Lipinski definition) is 3. The first-order chi connectivity index (χ1) is 6.56. The van der Waals surface area contributed by atoms with Gasteiger partial charge in [0.1, 0.15) is 6.04 Å². The first-order valence-corrected chi connectivity index (χ1v) is 4.87. The molecule has 0 aromatic rings. The van der Waals surface area contributed by atoms with E-state index >= 15 is 0 Å². The maximum Gasteiger partial charge on any atom is 0.244 e. The van der Waals surface area contributed by atoms with Crippen LogP contribution < -0.4 is 11.1 Å². The predicted molar refractivity (Wildman–Crippen MR) is 52.5 cm³/mol. The molecule has 2 amide bonds. The third-order valence-corrected chi connectivity index (χ3v) is 2.52. The highest BCUT2D eigenvalue weighted by Crippen LogP contribution is 2.08. The van der Waals surface area contributed by atoms with Crippen LogP contribution in [0.5, 0.6) is 0 Å². The van der Waals surface area contributed by atoms with E-state index in [9.17, 15) is 9.59 Å². The van der Waals surface area contributed by atoms with Crippen LogP contribution in [0.15, 0.2) is 0 Å². The third-order valence-electron chi connectivity index (χ3n) is 2.52. The monoisotopic (exact) mass is 199 g/mol. The first kappa shape index (κ1) is 11.0. The Morgan fingerprint density at radius 3 is 2.86 bits per heavy atom. The summed E-state index contributed by atoms with van der Waals surface area (Å²) in [5.41, 5.74) is 5.54. The number of nitrogens with zero attached hydrogens (tertiary/aromatic N) is 1. The van der Waals surface area contributed by atoms with E-state index < -0.39 is 6.04 Å². The van der Waals surface area contributed by atoms with Crippen molar-refractivity contribution >= 4 is 11.8 Å². The summed E-state index contributed by atoms with van der Waals surface area (Å²) in [6.07, 6.45) is 1.26. The van der Waals surface area contributed by atoms with Crippen molar-refractivity contribution in [2.24, 2.45) is 5.73 Å². The van der Waals surface area contributed by atoms with Gasteiger partial charge in [-0.25, -0.2) is 0 Å². The van der Waals surface area contributed by atoms with Gasteiger partial charge in [0.05, 0.1) is 6.04 Å². The van der Waals surface area contributed by atoms with Crippen LogP contribution in [0.3, 0.4) is 0 Å². The van der Waals surface area contributed by atoms with Crippen LogP contribution in [-0.2, 0) is 9.59 Å². The Balaban J connectivity index is 2.45. The van der Waals surface area contributed by atoms with Crippen molar-refractivity contribution in [2.45, 2.75) is 31.8 Å². The molecule has 5 heteroatoms. The van der Waals surface area contributed by atoms with Gasteiger partial charge in [-0.15, -0.1) is 0 Å². The highest BCUT2D eigenvalue weighted by atomic mass is 16.2. The van der Waals surface area contributed by atoms with Gasteiger partial charge in [0.2, 0.25) is 11.8 Å². The van der Waals surface area contributed by atoms with Crippen LogP contribution in [0.2, 0.25) is 0 Å². The number of likely N-dealkylation sites (N-methyl/N-ethyl adjacent to an activating group) is 1. The van der Waals surface area contributed by atoms with Gasteiger partial charge >= 0.3 is 0 Å². The highest BCUT2D eigenvalue weighted by molar-refractivity contribution is 5.90. The lowest BCUT2D eigenvalue weighted by molar-refractivity contribution is -0.132. The summed E-state index contributed by atoms with van der Waals surface area (Å²) in [6, 6.07) is -0.876. The molecule has 5 nitrogen and oxygen atoms in total. The van der Waals surface area contributed by atoms with E-state index in [2.05, 4.69) is 5.32 Å². The van der Waals surface area contributed by atoms with Crippen LogP contribution in [0.25, 0.3) is 0 Å². The summed E-state index contributed by atoms with van der Waals surface area (Å²) in [7, 11) is 1.73. The zero-order valence-corrected chi connectivity index (χ0v) is 8.62. The van der Waals surface area contributed by atoms with Gasteiger partial charge in [-0.2, -0.15) is 0 Å². The second-order valence-corrected chi connectivity index (χ2v) is 3.62. The summed E-state index contributed by atoms with van der Waals surface area (Å²) in [5.74, 6) is -0.261. The zero-order chi connectivity index (χ0) is 10.7. The van der Waals surface area contributed by atoms with Crippen molar-refractivity contribution in [2.75, 3.05) is 13.6 Å². The lowest BCUT2D eigenvalue weighted by Crippen LogP contribution is -2.47. The number of nitrogens with two attached hydrogens (primary N) is 1. The minimum absolute atomic E-state index is 0.0262. The molecule has 0 aromatic heterocycles. The Kier molecular flexibility index (Phi) is 3.46. The van der Waals surface area contributed by atoms with Crippen molar-refractivity contribution in [3.8, 4) is 0 Å². The Bertz CT molecular complexity index is 242. The molecule has 0 spiro atoms. The summed E-state index contributed by atoms with van der Waals surface area (Å²) in [4.78, 5) is 24.4. The molecular formula is C9H17N3O2. The summed E-state index contributed by atoms with van der Waals surface area (Å²) in [6.45, 7) is 2.54. The van der Waals surface area contributed by atoms with Gasteiger partial charge in [0, 0.05) is 13.6 Å². The fourth-order valence-corrected chi connectivity index (χ4v) is 1.42. The molecule has 1 fully saturated rings. The van der Waals surface area contributed by atoms with Crippen LogP contribution in [0, 0.1) is 0 Å². The van der Waals surface area contributed by atoms with Crippen molar-refractivity contribution < 1.29 is 9.59 Å². The number of carbonyl (C=O) groups excluding carboxylic acids is 2. The minimum Gasteiger partial charge on any atom is -0.344 e. The van der Waals surface area contributed by atoms with E-state index in [0.29, 0.717) is 19.4 Å². The molecule has 80 valence electrons. The van der Waals surface area contributed by atoms with E-state index in [-0.39, 0.29) is 17.9 Å². The average Bonchev–Trinajstić information content (AvgIpc) is 2.48.